The fourth-order valence-electron chi connectivity index (χ4n) is 3.13. The molecule has 1 aliphatic rings. The van der Waals surface area contributed by atoms with Gasteiger partial charge in [0.2, 0.25) is 0 Å². The van der Waals surface area contributed by atoms with Gasteiger partial charge in [-0.2, -0.15) is 0 Å². The lowest BCUT2D eigenvalue weighted by molar-refractivity contribution is -0.137. The van der Waals surface area contributed by atoms with Crippen LogP contribution in [0.15, 0.2) is 0 Å². The topological polar surface area (TPSA) is 69.6 Å². The Balaban J connectivity index is 2.24. The van der Waals surface area contributed by atoms with Gasteiger partial charge in [0.05, 0.1) is 0 Å². The van der Waals surface area contributed by atoms with Gasteiger partial charge in [0.15, 0.2) is 0 Å². The molecule has 0 aromatic rings. The monoisotopic (exact) mass is 298 g/mol. The van der Waals surface area contributed by atoms with Crippen LogP contribution in [0.2, 0.25) is 0 Å². The van der Waals surface area contributed by atoms with Crippen molar-refractivity contribution in [3.05, 3.63) is 0 Å². The van der Waals surface area contributed by atoms with Crippen molar-refractivity contribution >= 4 is 12.0 Å². The summed E-state index contributed by atoms with van der Waals surface area (Å²) >= 11 is 0. The van der Waals surface area contributed by atoms with Crippen LogP contribution in [0.4, 0.5) is 4.79 Å². The maximum absolute atomic E-state index is 12.1. The van der Waals surface area contributed by atoms with Crippen LogP contribution in [-0.4, -0.2) is 41.6 Å². The number of carboxylic acid groups (broad SMARTS) is 1. The van der Waals surface area contributed by atoms with Crippen molar-refractivity contribution in [1.29, 1.82) is 0 Å². The summed E-state index contributed by atoms with van der Waals surface area (Å²) in [6, 6.07) is 0.402. The first-order valence-corrected chi connectivity index (χ1v) is 8.27. The summed E-state index contributed by atoms with van der Waals surface area (Å²) in [5, 5.41) is 11.7. The first kappa shape index (κ1) is 17.8. The van der Waals surface area contributed by atoms with Crippen LogP contribution < -0.4 is 5.32 Å². The Hall–Kier alpha value is -1.26. The van der Waals surface area contributed by atoms with Gasteiger partial charge in [-0.3, -0.25) is 4.79 Å². The van der Waals surface area contributed by atoms with E-state index in [1.807, 2.05) is 11.9 Å². The molecular weight excluding hydrogens is 268 g/mol. The molecule has 0 aliphatic heterocycles. The molecule has 122 valence electrons. The average molecular weight is 298 g/mol. The van der Waals surface area contributed by atoms with Gasteiger partial charge in [-0.1, -0.05) is 32.6 Å². The van der Waals surface area contributed by atoms with Crippen LogP contribution in [0.3, 0.4) is 0 Å². The molecule has 0 spiro atoms. The van der Waals surface area contributed by atoms with Gasteiger partial charge in [0.1, 0.15) is 0 Å². The highest BCUT2D eigenvalue weighted by Gasteiger charge is 2.23. The van der Waals surface area contributed by atoms with Crippen molar-refractivity contribution in [2.24, 2.45) is 5.92 Å². The number of rotatable bonds is 9. The van der Waals surface area contributed by atoms with Crippen molar-refractivity contribution in [2.75, 3.05) is 13.6 Å². The third-order valence-electron chi connectivity index (χ3n) is 4.48. The van der Waals surface area contributed by atoms with Crippen LogP contribution >= 0.6 is 0 Å². The highest BCUT2D eigenvalue weighted by Crippen LogP contribution is 2.22. The molecule has 2 N–H and O–H groups in total. The zero-order chi connectivity index (χ0) is 15.7. The van der Waals surface area contributed by atoms with E-state index in [-0.39, 0.29) is 12.5 Å². The first-order chi connectivity index (χ1) is 10.0. The first-order valence-electron chi connectivity index (χ1n) is 8.27. The van der Waals surface area contributed by atoms with Crippen molar-refractivity contribution in [2.45, 2.75) is 70.8 Å². The SMILES string of the molecule is CCCC(CCNC(=O)N(C)C1CCCC1)CCC(=O)O. The highest BCUT2D eigenvalue weighted by atomic mass is 16.4. The summed E-state index contributed by atoms with van der Waals surface area (Å²) in [5.74, 6) is -0.343. The lowest BCUT2D eigenvalue weighted by Crippen LogP contribution is -2.43. The Labute approximate surface area is 128 Å². The van der Waals surface area contributed by atoms with E-state index in [0.29, 0.717) is 24.9 Å². The molecule has 0 aromatic carbocycles. The maximum Gasteiger partial charge on any atom is 0.317 e. The van der Waals surface area contributed by atoms with Gasteiger partial charge in [0, 0.05) is 26.1 Å². The summed E-state index contributed by atoms with van der Waals surface area (Å²) in [5.41, 5.74) is 0. The van der Waals surface area contributed by atoms with Crippen LogP contribution in [0.5, 0.6) is 0 Å². The number of hydrogen-bond acceptors (Lipinski definition) is 2. The number of carbonyl (C=O) groups is 2. The van der Waals surface area contributed by atoms with Crippen LogP contribution in [0, 0.1) is 5.92 Å². The summed E-state index contributed by atoms with van der Waals surface area (Å²) in [6.45, 7) is 2.75. The second-order valence-corrected chi connectivity index (χ2v) is 6.16. The summed E-state index contributed by atoms with van der Waals surface area (Å²) < 4.78 is 0. The van der Waals surface area contributed by atoms with E-state index in [2.05, 4.69) is 12.2 Å². The van der Waals surface area contributed by atoms with E-state index < -0.39 is 5.97 Å². The van der Waals surface area contributed by atoms with E-state index in [9.17, 15) is 9.59 Å². The largest absolute Gasteiger partial charge is 0.481 e. The quantitative estimate of drug-likeness (QED) is 0.686. The lowest BCUT2D eigenvalue weighted by Gasteiger charge is -2.25. The summed E-state index contributed by atoms with van der Waals surface area (Å²) in [7, 11) is 1.87. The Bertz CT molecular complexity index is 327. The zero-order valence-corrected chi connectivity index (χ0v) is 13.4. The Kier molecular flexibility index (Phi) is 8.16. The van der Waals surface area contributed by atoms with Gasteiger partial charge < -0.3 is 15.3 Å². The standard InChI is InChI=1S/C16H30N2O3/c1-3-6-13(9-10-15(19)20)11-12-17-16(21)18(2)14-7-4-5-8-14/h13-14H,3-12H2,1-2H3,(H,17,21)(H,19,20). The van der Waals surface area contributed by atoms with E-state index in [0.717, 1.165) is 32.1 Å². The van der Waals surface area contributed by atoms with Crippen molar-refractivity contribution in [3.8, 4) is 0 Å². The Morgan fingerprint density at radius 1 is 1.24 bits per heavy atom. The number of hydrogen-bond donors (Lipinski definition) is 2. The Morgan fingerprint density at radius 2 is 1.90 bits per heavy atom. The highest BCUT2D eigenvalue weighted by molar-refractivity contribution is 5.74. The van der Waals surface area contributed by atoms with E-state index in [1.165, 1.54) is 12.8 Å². The number of nitrogens with one attached hydrogen (secondary N) is 1. The van der Waals surface area contributed by atoms with Crippen molar-refractivity contribution in [1.82, 2.24) is 10.2 Å². The number of nitrogens with zero attached hydrogens (tertiary/aromatic N) is 1. The normalized spacial score (nSPS) is 16.7. The molecule has 0 bridgehead atoms. The average Bonchev–Trinajstić information content (AvgIpc) is 2.97. The molecule has 21 heavy (non-hydrogen) atoms. The molecule has 5 heteroatoms. The van der Waals surface area contributed by atoms with Crippen LogP contribution in [-0.2, 0) is 4.79 Å². The fraction of sp³-hybridized carbons (Fsp3) is 0.875. The number of aliphatic carboxylic acids is 1. The van der Waals surface area contributed by atoms with Crippen LogP contribution in [0.1, 0.15) is 64.7 Å². The fourth-order valence-corrected chi connectivity index (χ4v) is 3.13. The number of carboxylic acids is 1. The molecule has 0 saturated heterocycles. The number of carbonyl (C=O) groups excluding carboxylic acids is 1. The van der Waals surface area contributed by atoms with Gasteiger partial charge in [-0.05, 0) is 31.6 Å². The van der Waals surface area contributed by atoms with Gasteiger partial charge in [-0.25, -0.2) is 4.79 Å². The van der Waals surface area contributed by atoms with E-state index >= 15 is 0 Å². The number of amides is 2. The minimum atomic E-state index is -0.735. The van der Waals surface area contributed by atoms with Crippen molar-refractivity contribution < 1.29 is 14.7 Å². The van der Waals surface area contributed by atoms with Gasteiger partial charge in [-0.15, -0.1) is 0 Å². The van der Waals surface area contributed by atoms with Gasteiger partial charge in [0.25, 0.3) is 0 Å². The maximum atomic E-state index is 12.1. The van der Waals surface area contributed by atoms with E-state index in [4.69, 9.17) is 5.11 Å². The number of urea groups is 1. The second kappa shape index (κ2) is 9.64. The minimum Gasteiger partial charge on any atom is -0.481 e. The molecule has 1 aliphatic carbocycles. The van der Waals surface area contributed by atoms with E-state index in [1.54, 1.807) is 0 Å². The molecule has 5 nitrogen and oxygen atoms in total. The molecule has 2 amide bonds. The molecule has 0 radical (unpaired) electrons. The van der Waals surface area contributed by atoms with Crippen LogP contribution in [0.25, 0.3) is 0 Å². The molecule has 0 aromatic heterocycles. The Morgan fingerprint density at radius 3 is 2.48 bits per heavy atom. The molecule has 1 saturated carbocycles. The third-order valence-corrected chi connectivity index (χ3v) is 4.48. The lowest BCUT2D eigenvalue weighted by atomic mass is 9.94. The van der Waals surface area contributed by atoms with Gasteiger partial charge >= 0.3 is 12.0 Å². The summed E-state index contributed by atoms with van der Waals surface area (Å²) in [4.78, 5) is 24.5. The smallest absolute Gasteiger partial charge is 0.317 e. The molecule has 1 rings (SSSR count). The molecule has 1 unspecified atom stereocenters. The molecule has 1 atom stereocenters. The zero-order valence-electron chi connectivity index (χ0n) is 13.4. The predicted octanol–water partition coefficient (Wildman–Crippen LogP) is 3.24. The summed E-state index contributed by atoms with van der Waals surface area (Å²) in [6.07, 6.45) is 8.54. The molecular formula is C16H30N2O3. The minimum absolute atomic E-state index is 0.00961. The van der Waals surface area contributed by atoms with Crippen molar-refractivity contribution in [3.63, 3.8) is 0 Å². The second-order valence-electron chi connectivity index (χ2n) is 6.16. The molecule has 1 fully saturated rings. The molecule has 0 heterocycles. The predicted molar refractivity (Wildman–Crippen MR) is 83.3 cm³/mol. The third kappa shape index (κ3) is 6.82.